The number of nitrogens with one attached hydrogen (secondary N) is 1. The fraction of sp³-hybridized carbons (Fsp3) is 0.188. The highest BCUT2D eigenvalue weighted by Crippen LogP contribution is 2.22. The van der Waals surface area contributed by atoms with Gasteiger partial charge < -0.3 is 15.8 Å². The van der Waals surface area contributed by atoms with Gasteiger partial charge in [-0.25, -0.2) is 4.39 Å². The summed E-state index contributed by atoms with van der Waals surface area (Å²) in [5, 5.41) is 2.64. The average Bonchev–Trinajstić information content (AvgIpc) is 2.45. The Bertz CT molecular complexity index is 671. The summed E-state index contributed by atoms with van der Waals surface area (Å²) in [6.45, 7) is 3.98. The highest BCUT2D eigenvalue weighted by molar-refractivity contribution is 6.04. The molecule has 110 valence electrons. The Hall–Kier alpha value is -2.56. The van der Waals surface area contributed by atoms with Crippen LogP contribution >= 0.6 is 0 Å². The first-order chi connectivity index (χ1) is 10.0. The van der Waals surface area contributed by atoms with Gasteiger partial charge in [-0.2, -0.15) is 0 Å². The second kappa shape index (κ2) is 6.26. The van der Waals surface area contributed by atoms with E-state index >= 15 is 0 Å². The molecule has 0 atom stereocenters. The summed E-state index contributed by atoms with van der Waals surface area (Å²) < 4.78 is 18.8. The van der Waals surface area contributed by atoms with E-state index in [0.717, 1.165) is 5.56 Å². The van der Waals surface area contributed by atoms with E-state index in [9.17, 15) is 9.18 Å². The molecule has 4 nitrogen and oxygen atoms in total. The van der Waals surface area contributed by atoms with Gasteiger partial charge in [0.15, 0.2) is 11.6 Å². The van der Waals surface area contributed by atoms with Crippen molar-refractivity contribution in [2.24, 2.45) is 0 Å². The van der Waals surface area contributed by atoms with Crippen molar-refractivity contribution in [3.8, 4) is 5.75 Å². The van der Waals surface area contributed by atoms with Crippen LogP contribution < -0.4 is 15.8 Å². The molecule has 0 spiro atoms. The van der Waals surface area contributed by atoms with E-state index in [1.807, 2.05) is 6.92 Å². The molecule has 2 aromatic rings. The van der Waals surface area contributed by atoms with Gasteiger partial charge in [0.05, 0.1) is 6.61 Å². The molecular formula is C16H17FN2O2. The van der Waals surface area contributed by atoms with Gasteiger partial charge in [0.25, 0.3) is 5.91 Å². The van der Waals surface area contributed by atoms with Gasteiger partial charge in [0, 0.05) is 23.0 Å². The number of carbonyl (C=O) groups excluding carboxylic acids is 1. The van der Waals surface area contributed by atoms with Crippen molar-refractivity contribution >= 4 is 17.3 Å². The smallest absolute Gasteiger partial charge is 0.255 e. The Kier molecular flexibility index (Phi) is 4.42. The molecule has 0 aliphatic rings. The monoisotopic (exact) mass is 288 g/mol. The lowest BCUT2D eigenvalue weighted by molar-refractivity contribution is 0.102. The van der Waals surface area contributed by atoms with E-state index < -0.39 is 5.82 Å². The minimum absolute atomic E-state index is 0.166. The SMILES string of the molecule is CCOc1ccc(NC(=O)c2ccc(N)c(C)c2)cc1F. The highest BCUT2D eigenvalue weighted by Gasteiger charge is 2.10. The molecule has 2 rings (SSSR count). The van der Waals surface area contributed by atoms with E-state index in [4.69, 9.17) is 10.5 Å². The number of amides is 1. The van der Waals surface area contributed by atoms with Crippen LogP contribution in [0.5, 0.6) is 5.75 Å². The number of benzene rings is 2. The minimum atomic E-state index is -0.511. The molecular weight excluding hydrogens is 271 g/mol. The molecule has 0 saturated heterocycles. The van der Waals surface area contributed by atoms with E-state index in [2.05, 4.69) is 5.32 Å². The summed E-state index contributed by atoms with van der Waals surface area (Å²) in [7, 11) is 0. The summed E-state index contributed by atoms with van der Waals surface area (Å²) in [5.41, 5.74) is 7.99. The molecule has 0 aliphatic heterocycles. The van der Waals surface area contributed by atoms with Gasteiger partial charge in [-0.05, 0) is 49.7 Å². The van der Waals surface area contributed by atoms with Crippen molar-refractivity contribution in [3.05, 3.63) is 53.3 Å². The number of rotatable bonds is 4. The topological polar surface area (TPSA) is 64.3 Å². The second-order valence-corrected chi connectivity index (χ2v) is 4.60. The van der Waals surface area contributed by atoms with Crippen molar-refractivity contribution in [2.45, 2.75) is 13.8 Å². The molecule has 2 aromatic carbocycles. The third-order valence-electron chi connectivity index (χ3n) is 3.02. The van der Waals surface area contributed by atoms with Crippen molar-refractivity contribution in [1.82, 2.24) is 0 Å². The Balaban J connectivity index is 2.15. The normalized spacial score (nSPS) is 10.2. The van der Waals surface area contributed by atoms with Crippen LogP contribution in [0.3, 0.4) is 0 Å². The molecule has 0 bridgehead atoms. The number of halogens is 1. The molecule has 0 radical (unpaired) electrons. The molecule has 21 heavy (non-hydrogen) atoms. The summed E-state index contributed by atoms with van der Waals surface area (Å²) >= 11 is 0. The largest absolute Gasteiger partial charge is 0.491 e. The quantitative estimate of drug-likeness (QED) is 0.848. The second-order valence-electron chi connectivity index (χ2n) is 4.60. The summed E-state index contributed by atoms with van der Waals surface area (Å²) in [6.07, 6.45) is 0. The first-order valence-corrected chi connectivity index (χ1v) is 6.61. The minimum Gasteiger partial charge on any atom is -0.491 e. The van der Waals surface area contributed by atoms with Gasteiger partial charge in [-0.15, -0.1) is 0 Å². The molecule has 3 N–H and O–H groups in total. The van der Waals surface area contributed by atoms with Gasteiger partial charge in [-0.1, -0.05) is 0 Å². The summed E-state index contributed by atoms with van der Waals surface area (Å²) in [5.74, 6) is -0.663. The standard InChI is InChI=1S/C16H17FN2O2/c1-3-21-15-7-5-12(9-13(15)17)19-16(20)11-4-6-14(18)10(2)8-11/h4-9H,3,18H2,1-2H3,(H,19,20). The number of nitrogen functional groups attached to an aromatic ring is 1. The fourth-order valence-electron chi connectivity index (χ4n) is 1.87. The number of carbonyl (C=O) groups is 1. The lowest BCUT2D eigenvalue weighted by Crippen LogP contribution is -2.12. The van der Waals surface area contributed by atoms with Crippen LogP contribution in [0.15, 0.2) is 36.4 Å². The lowest BCUT2D eigenvalue weighted by atomic mass is 10.1. The Morgan fingerprint density at radius 1 is 1.29 bits per heavy atom. The third-order valence-corrected chi connectivity index (χ3v) is 3.02. The molecule has 5 heteroatoms. The zero-order valence-corrected chi connectivity index (χ0v) is 11.9. The lowest BCUT2D eigenvalue weighted by Gasteiger charge is -2.09. The van der Waals surface area contributed by atoms with Gasteiger partial charge in [0.2, 0.25) is 0 Å². The first-order valence-electron chi connectivity index (χ1n) is 6.61. The predicted octanol–water partition coefficient (Wildman–Crippen LogP) is 3.37. The van der Waals surface area contributed by atoms with Crippen LogP contribution in [0, 0.1) is 12.7 Å². The van der Waals surface area contributed by atoms with Crippen LogP contribution in [0.1, 0.15) is 22.8 Å². The Labute approximate surface area is 122 Å². The molecule has 0 saturated carbocycles. The van der Waals surface area contributed by atoms with E-state index in [1.54, 1.807) is 31.2 Å². The molecule has 1 amide bonds. The average molecular weight is 288 g/mol. The first kappa shape index (κ1) is 14.8. The van der Waals surface area contributed by atoms with Crippen molar-refractivity contribution in [1.29, 1.82) is 0 Å². The predicted molar refractivity (Wildman–Crippen MR) is 81.1 cm³/mol. The van der Waals surface area contributed by atoms with Crippen LogP contribution in [0.4, 0.5) is 15.8 Å². The Morgan fingerprint density at radius 3 is 2.67 bits per heavy atom. The number of nitrogens with two attached hydrogens (primary N) is 1. The summed E-state index contributed by atoms with van der Waals surface area (Å²) in [6, 6.07) is 9.30. The molecule has 0 aromatic heterocycles. The summed E-state index contributed by atoms with van der Waals surface area (Å²) in [4.78, 5) is 12.1. The third kappa shape index (κ3) is 3.51. The van der Waals surface area contributed by atoms with E-state index in [-0.39, 0.29) is 11.7 Å². The van der Waals surface area contributed by atoms with Crippen LogP contribution in [-0.2, 0) is 0 Å². The fourth-order valence-corrected chi connectivity index (χ4v) is 1.87. The zero-order valence-electron chi connectivity index (χ0n) is 11.9. The zero-order chi connectivity index (χ0) is 15.4. The molecule has 0 fully saturated rings. The highest BCUT2D eigenvalue weighted by atomic mass is 19.1. The van der Waals surface area contributed by atoms with Gasteiger partial charge >= 0.3 is 0 Å². The number of anilines is 2. The number of aryl methyl sites for hydroxylation is 1. The van der Waals surface area contributed by atoms with Crippen LogP contribution in [0.2, 0.25) is 0 Å². The van der Waals surface area contributed by atoms with Crippen molar-refractivity contribution in [3.63, 3.8) is 0 Å². The maximum atomic E-state index is 13.7. The van der Waals surface area contributed by atoms with E-state index in [1.165, 1.54) is 12.1 Å². The van der Waals surface area contributed by atoms with Gasteiger partial charge in [-0.3, -0.25) is 4.79 Å². The van der Waals surface area contributed by atoms with Crippen LogP contribution in [-0.4, -0.2) is 12.5 Å². The van der Waals surface area contributed by atoms with E-state index in [0.29, 0.717) is 23.5 Å². The maximum Gasteiger partial charge on any atom is 0.255 e. The van der Waals surface area contributed by atoms with Crippen molar-refractivity contribution < 1.29 is 13.9 Å². The number of ether oxygens (including phenoxy) is 1. The van der Waals surface area contributed by atoms with Gasteiger partial charge in [0.1, 0.15) is 0 Å². The molecule has 0 heterocycles. The number of hydrogen-bond acceptors (Lipinski definition) is 3. The number of hydrogen-bond donors (Lipinski definition) is 2. The Morgan fingerprint density at radius 2 is 2.05 bits per heavy atom. The molecule has 0 aliphatic carbocycles. The maximum absolute atomic E-state index is 13.7. The van der Waals surface area contributed by atoms with Crippen LogP contribution in [0.25, 0.3) is 0 Å². The molecule has 0 unspecified atom stereocenters. The van der Waals surface area contributed by atoms with Crippen molar-refractivity contribution in [2.75, 3.05) is 17.7 Å².